The zero-order valence-corrected chi connectivity index (χ0v) is 13.4. The first-order chi connectivity index (χ1) is 9.10. The molecule has 0 radical (unpaired) electrons. The lowest BCUT2D eigenvalue weighted by molar-refractivity contribution is -0.156. The van der Waals surface area contributed by atoms with Gasteiger partial charge in [-0.1, -0.05) is 0 Å². The second-order valence-corrected chi connectivity index (χ2v) is 6.25. The van der Waals surface area contributed by atoms with Crippen molar-refractivity contribution in [3.05, 3.63) is 28.2 Å². The Bertz CT molecular complexity index is 522. The molecule has 0 bridgehead atoms. The van der Waals surface area contributed by atoms with Gasteiger partial charge in [0.2, 0.25) is 0 Å². The number of aromatic hydroxyl groups is 1. The highest BCUT2D eigenvalue weighted by atomic mass is 79.9. The molecule has 2 N–H and O–H groups in total. The molecule has 20 heavy (non-hydrogen) atoms. The number of esters is 1. The number of nitrogens with one attached hydrogen (secondary N) is 1. The fourth-order valence-corrected chi connectivity index (χ4v) is 1.63. The minimum Gasteiger partial charge on any atom is -0.507 e. The Hall–Kier alpha value is -1.56. The number of ether oxygens (including phenoxy) is 1. The van der Waals surface area contributed by atoms with Crippen molar-refractivity contribution in [3.8, 4) is 5.75 Å². The van der Waals surface area contributed by atoms with Gasteiger partial charge in [0.25, 0.3) is 5.91 Å². The summed E-state index contributed by atoms with van der Waals surface area (Å²) in [6.45, 7) is 6.81. The average molecular weight is 344 g/mol. The van der Waals surface area contributed by atoms with Crippen LogP contribution in [0.3, 0.4) is 0 Å². The van der Waals surface area contributed by atoms with Crippen LogP contribution < -0.4 is 5.32 Å². The Kier molecular flexibility index (Phi) is 5.16. The minimum atomic E-state index is -0.771. The third-order valence-corrected chi connectivity index (χ3v) is 2.99. The van der Waals surface area contributed by atoms with Gasteiger partial charge in [-0.05, 0) is 61.8 Å². The van der Waals surface area contributed by atoms with Gasteiger partial charge in [-0.25, -0.2) is 4.79 Å². The molecular formula is C14H18BrNO4. The number of hydrogen-bond donors (Lipinski definition) is 2. The molecule has 0 aliphatic carbocycles. The van der Waals surface area contributed by atoms with Crippen LogP contribution in [0.15, 0.2) is 22.7 Å². The first kappa shape index (κ1) is 16.5. The number of hydrogen-bond acceptors (Lipinski definition) is 4. The summed E-state index contributed by atoms with van der Waals surface area (Å²) in [5, 5.41) is 12.1. The minimum absolute atomic E-state index is 0.0393. The third kappa shape index (κ3) is 4.85. The van der Waals surface area contributed by atoms with Crippen molar-refractivity contribution in [1.29, 1.82) is 0 Å². The molecule has 0 unspecified atom stereocenters. The van der Waals surface area contributed by atoms with Crippen molar-refractivity contribution in [1.82, 2.24) is 5.32 Å². The smallest absolute Gasteiger partial charge is 0.328 e. The van der Waals surface area contributed by atoms with Crippen LogP contribution in [0.2, 0.25) is 0 Å². The molecule has 1 rings (SSSR count). The normalized spacial score (nSPS) is 12.7. The fraction of sp³-hybridized carbons (Fsp3) is 0.429. The zero-order chi connectivity index (χ0) is 15.5. The molecular weight excluding hydrogens is 326 g/mol. The van der Waals surface area contributed by atoms with Crippen molar-refractivity contribution in [2.24, 2.45) is 0 Å². The molecule has 1 aromatic carbocycles. The Balaban J connectivity index is 2.70. The summed E-state index contributed by atoms with van der Waals surface area (Å²) < 4.78 is 5.66. The van der Waals surface area contributed by atoms with Crippen LogP contribution >= 0.6 is 15.9 Å². The molecule has 110 valence electrons. The SMILES string of the molecule is C[C@@H](NC(=O)c1ccc(Br)c(O)c1)C(=O)OC(C)(C)C. The van der Waals surface area contributed by atoms with Crippen LogP contribution in [0.4, 0.5) is 0 Å². The molecule has 0 aromatic heterocycles. The largest absolute Gasteiger partial charge is 0.507 e. The van der Waals surface area contributed by atoms with Crippen molar-refractivity contribution >= 4 is 27.8 Å². The van der Waals surface area contributed by atoms with E-state index in [1.165, 1.54) is 6.07 Å². The summed E-state index contributed by atoms with van der Waals surface area (Å²) >= 11 is 3.13. The van der Waals surface area contributed by atoms with E-state index in [2.05, 4.69) is 21.2 Å². The Morgan fingerprint density at radius 1 is 1.35 bits per heavy atom. The van der Waals surface area contributed by atoms with E-state index in [-0.39, 0.29) is 11.3 Å². The highest BCUT2D eigenvalue weighted by Gasteiger charge is 2.23. The van der Waals surface area contributed by atoms with Gasteiger partial charge < -0.3 is 15.2 Å². The summed E-state index contributed by atoms with van der Waals surface area (Å²) in [6.07, 6.45) is 0. The lowest BCUT2D eigenvalue weighted by Gasteiger charge is -2.22. The number of phenolic OH excluding ortho intramolecular Hbond substituents is 1. The fourth-order valence-electron chi connectivity index (χ4n) is 1.38. The van der Waals surface area contributed by atoms with Crippen LogP contribution in [-0.4, -0.2) is 28.6 Å². The maximum atomic E-state index is 11.9. The second kappa shape index (κ2) is 6.26. The van der Waals surface area contributed by atoms with Gasteiger partial charge in [0, 0.05) is 5.56 Å². The van der Waals surface area contributed by atoms with E-state index in [9.17, 15) is 14.7 Å². The predicted octanol–water partition coefficient (Wildman–Crippen LogP) is 2.61. The van der Waals surface area contributed by atoms with Crippen LogP contribution in [0.5, 0.6) is 5.75 Å². The molecule has 0 heterocycles. The van der Waals surface area contributed by atoms with Gasteiger partial charge in [0.15, 0.2) is 0 Å². The lowest BCUT2D eigenvalue weighted by atomic mass is 10.1. The number of benzene rings is 1. The molecule has 0 aliphatic heterocycles. The summed E-state index contributed by atoms with van der Waals surface area (Å²) in [7, 11) is 0. The molecule has 6 heteroatoms. The Morgan fingerprint density at radius 2 is 1.95 bits per heavy atom. The van der Waals surface area contributed by atoms with E-state index in [0.29, 0.717) is 4.47 Å². The lowest BCUT2D eigenvalue weighted by Crippen LogP contribution is -2.42. The molecule has 1 atom stereocenters. The topological polar surface area (TPSA) is 75.6 Å². The van der Waals surface area contributed by atoms with Gasteiger partial charge >= 0.3 is 5.97 Å². The van der Waals surface area contributed by atoms with Crippen molar-refractivity contribution < 1.29 is 19.4 Å². The van der Waals surface area contributed by atoms with Gasteiger partial charge in [-0.15, -0.1) is 0 Å². The van der Waals surface area contributed by atoms with E-state index in [0.717, 1.165) is 0 Å². The predicted molar refractivity (Wildman–Crippen MR) is 78.6 cm³/mol. The molecule has 0 aliphatic rings. The maximum Gasteiger partial charge on any atom is 0.328 e. The number of phenols is 1. The van der Waals surface area contributed by atoms with Gasteiger partial charge in [0.1, 0.15) is 17.4 Å². The van der Waals surface area contributed by atoms with E-state index in [4.69, 9.17) is 4.74 Å². The van der Waals surface area contributed by atoms with Crippen LogP contribution in [0, 0.1) is 0 Å². The van der Waals surface area contributed by atoms with Gasteiger partial charge in [-0.3, -0.25) is 4.79 Å². The molecule has 1 aromatic rings. The molecule has 0 saturated carbocycles. The van der Waals surface area contributed by atoms with E-state index >= 15 is 0 Å². The molecule has 5 nitrogen and oxygen atoms in total. The summed E-state index contributed by atoms with van der Waals surface area (Å²) in [5.41, 5.74) is -0.340. The first-order valence-corrected chi connectivity index (χ1v) is 6.91. The third-order valence-electron chi connectivity index (χ3n) is 2.32. The van der Waals surface area contributed by atoms with Gasteiger partial charge in [0.05, 0.1) is 4.47 Å². The first-order valence-electron chi connectivity index (χ1n) is 6.12. The second-order valence-electron chi connectivity index (χ2n) is 5.39. The number of rotatable bonds is 3. The van der Waals surface area contributed by atoms with Crippen molar-refractivity contribution in [2.75, 3.05) is 0 Å². The summed E-state index contributed by atoms with van der Waals surface area (Å²) in [6, 6.07) is 3.65. The van der Waals surface area contributed by atoms with E-state index < -0.39 is 23.5 Å². The molecule has 0 spiro atoms. The number of carbonyl (C=O) groups excluding carboxylic acids is 2. The van der Waals surface area contributed by atoms with Crippen LogP contribution in [0.1, 0.15) is 38.1 Å². The molecule has 0 saturated heterocycles. The highest BCUT2D eigenvalue weighted by Crippen LogP contribution is 2.24. The van der Waals surface area contributed by atoms with Gasteiger partial charge in [-0.2, -0.15) is 0 Å². The Labute approximate surface area is 126 Å². The molecule has 1 amide bonds. The summed E-state index contributed by atoms with van der Waals surface area (Å²) in [5.74, 6) is -0.999. The number of halogens is 1. The standard InChI is InChI=1S/C14H18BrNO4/c1-8(13(19)20-14(2,3)4)16-12(18)9-5-6-10(15)11(17)7-9/h5-8,17H,1-4H3,(H,16,18)/t8-/m1/s1. The Morgan fingerprint density at radius 3 is 2.45 bits per heavy atom. The quantitative estimate of drug-likeness (QED) is 0.827. The maximum absolute atomic E-state index is 11.9. The monoisotopic (exact) mass is 343 g/mol. The number of amides is 1. The summed E-state index contributed by atoms with van der Waals surface area (Å²) in [4.78, 5) is 23.7. The number of carbonyl (C=O) groups is 2. The van der Waals surface area contributed by atoms with E-state index in [1.807, 2.05) is 0 Å². The van der Waals surface area contributed by atoms with Crippen molar-refractivity contribution in [3.63, 3.8) is 0 Å². The van der Waals surface area contributed by atoms with Crippen molar-refractivity contribution in [2.45, 2.75) is 39.3 Å². The highest BCUT2D eigenvalue weighted by molar-refractivity contribution is 9.10. The zero-order valence-electron chi connectivity index (χ0n) is 11.9. The van der Waals surface area contributed by atoms with E-state index in [1.54, 1.807) is 39.8 Å². The average Bonchev–Trinajstić information content (AvgIpc) is 2.30. The molecule has 0 fully saturated rings. The van der Waals surface area contributed by atoms with Crippen LogP contribution in [0.25, 0.3) is 0 Å². The van der Waals surface area contributed by atoms with Crippen LogP contribution in [-0.2, 0) is 9.53 Å².